The zero-order valence-electron chi connectivity index (χ0n) is 12.3. The second-order valence-electron chi connectivity index (χ2n) is 5.05. The summed E-state index contributed by atoms with van der Waals surface area (Å²) in [7, 11) is 0. The molecule has 2 N–H and O–H groups in total. The van der Waals surface area contributed by atoms with Gasteiger partial charge in [-0.25, -0.2) is 9.37 Å². The maximum atomic E-state index is 12.9. The van der Waals surface area contributed by atoms with E-state index in [-0.39, 0.29) is 36.5 Å². The highest BCUT2D eigenvalue weighted by Gasteiger charge is 2.17. The molecule has 1 amide bonds. The molecule has 1 aliphatic rings. The van der Waals surface area contributed by atoms with E-state index in [1.54, 1.807) is 17.5 Å². The summed E-state index contributed by atoms with van der Waals surface area (Å²) in [5.74, 6) is -0.439. The molecule has 0 radical (unpaired) electrons. The third-order valence-corrected chi connectivity index (χ3v) is 4.39. The summed E-state index contributed by atoms with van der Waals surface area (Å²) in [5.41, 5.74) is 1.23. The normalized spacial score (nSPS) is 16.3. The number of halogens is 3. The number of carbonyl (C=O) groups excluding carboxylic acids is 1. The van der Waals surface area contributed by atoms with Crippen molar-refractivity contribution in [2.24, 2.45) is 0 Å². The Morgan fingerprint density at radius 3 is 2.74 bits per heavy atom. The van der Waals surface area contributed by atoms with Gasteiger partial charge in [0.05, 0.1) is 0 Å². The number of rotatable bonds is 4. The zero-order valence-corrected chi connectivity index (χ0v) is 14.7. The van der Waals surface area contributed by atoms with E-state index >= 15 is 0 Å². The highest BCUT2D eigenvalue weighted by Crippen LogP contribution is 2.23. The fourth-order valence-electron chi connectivity index (χ4n) is 2.34. The summed E-state index contributed by atoms with van der Waals surface area (Å²) in [6, 6.07) is 6.48. The summed E-state index contributed by atoms with van der Waals surface area (Å²) in [4.78, 5) is 16.4. The first-order valence-electron chi connectivity index (χ1n) is 6.95. The molecule has 126 valence electrons. The fraction of sp³-hybridized carbons (Fsp3) is 0.333. The molecule has 0 aliphatic carbocycles. The predicted molar refractivity (Wildman–Crippen MR) is 95.4 cm³/mol. The van der Waals surface area contributed by atoms with Gasteiger partial charge >= 0.3 is 0 Å². The van der Waals surface area contributed by atoms with Crippen LogP contribution in [0.2, 0.25) is 0 Å². The molecule has 1 aliphatic heterocycles. The number of hydrogen-bond acceptors (Lipinski definition) is 4. The quantitative estimate of drug-likeness (QED) is 0.859. The molecular formula is C15H18Cl2FN3OS. The van der Waals surface area contributed by atoms with Crippen molar-refractivity contribution in [1.29, 1.82) is 0 Å². The average Bonchev–Trinajstić information content (AvgIpc) is 3.17. The van der Waals surface area contributed by atoms with Crippen molar-refractivity contribution in [3.8, 4) is 10.6 Å². The van der Waals surface area contributed by atoms with Crippen molar-refractivity contribution in [3.63, 3.8) is 0 Å². The van der Waals surface area contributed by atoms with E-state index in [0.717, 1.165) is 30.0 Å². The molecule has 1 saturated heterocycles. The van der Waals surface area contributed by atoms with E-state index in [1.165, 1.54) is 23.5 Å². The minimum atomic E-state index is -0.280. The first-order chi connectivity index (χ1) is 10.2. The summed E-state index contributed by atoms with van der Waals surface area (Å²) in [5, 5.41) is 8.68. The van der Waals surface area contributed by atoms with Gasteiger partial charge in [-0.2, -0.15) is 0 Å². The van der Waals surface area contributed by atoms with Crippen molar-refractivity contribution in [2.75, 3.05) is 13.1 Å². The number of nitrogens with one attached hydrogen (secondary N) is 2. The number of carbonyl (C=O) groups is 1. The SMILES string of the molecule is Cl.Cl.O=C(NCC1CCCN1)c1csc(-c2ccc(F)cc2)n1. The van der Waals surface area contributed by atoms with E-state index in [1.807, 2.05) is 0 Å². The van der Waals surface area contributed by atoms with Crippen LogP contribution < -0.4 is 10.6 Å². The number of thiazole rings is 1. The molecule has 4 nitrogen and oxygen atoms in total. The maximum Gasteiger partial charge on any atom is 0.270 e. The molecule has 2 heterocycles. The van der Waals surface area contributed by atoms with Gasteiger partial charge in [0.25, 0.3) is 5.91 Å². The second-order valence-corrected chi connectivity index (χ2v) is 5.91. The lowest BCUT2D eigenvalue weighted by Crippen LogP contribution is -2.37. The minimum Gasteiger partial charge on any atom is -0.349 e. The van der Waals surface area contributed by atoms with E-state index < -0.39 is 0 Å². The Morgan fingerprint density at radius 2 is 2.09 bits per heavy atom. The van der Waals surface area contributed by atoms with Crippen molar-refractivity contribution >= 4 is 42.1 Å². The topological polar surface area (TPSA) is 54.0 Å². The van der Waals surface area contributed by atoms with Gasteiger partial charge in [-0.15, -0.1) is 36.2 Å². The van der Waals surface area contributed by atoms with Crippen LogP contribution in [-0.4, -0.2) is 30.0 Å². The lowest BCUT2D eigenvalue weighted by Gasteiger charge is -2.10. The Kier molecular flexibility index (Phi) is 7.91. The standard InChI is InChI=1S/C15H16FN3OS.2ClH/c16-11-5-3-10(4-6-11)15-19-13(9-21-15)14(20)18-8-12-2-1-7-17-12;;/h3-6,9,12,17H,1-2,7-8H2,(H,18,20);2*1H. The Bertz CT molecular complexity index is 630. The second kappa shape index (κ2) is 9.17. The first-order valence-corrected chi connectivity index (χ1v) is 7.83. The smallest absolute Gasteiger partial charge is 0.270 e. The van der Waals surface area contributed by atoms with Crippen molar-refractivity contribution in [1.82, 2.24) is 15.6 Å². The largest absolute Gasteiger partial charge is 0.349 e. The van der Waals surface area contributed by atoms with Gasteiger partial charge in [-0.1, -0.05) is 0 Å². The van der Waals surface area contributed by atoms with Gasteiger partial charge in [0.15, 0.2) is 0 Å². The summed E-state index contributed by atoms with van der Waals surface area (Å²) in [6.07, 6.45) is 2.25. The Labute approximate surface area is 150 Å². The number of aromatic nitrogens is 1. The molecule has 1 unspecified atom stereocenters. The molecule has 8 heteroatoms. The molecular weight excluding hydrogens is 360 g/mol. The van der Waals surface area contributed by atoms with E-state index in [4.69, 9.17) is 0 Å². The maximum absolute atomic E-state index is 12.9. The third-order valence-electron chi connectivity index (χ3n) is 3.50. The monoisotopic (exact) mass is 377 g/mol. The fourth-order valence-corrected chi connectivity index (χ4v) is 3.15. The molecule has 0 saturated carbocycles. The van der Waals surface area contributed by atoms with Crippen LogP contribution in [-0.2, 0) is 0 Å². The van der Waals surface area contributed by atoms with Gasteiger partial charge in [0.2, 0.25) is 0 Å². The highest BCUT2D eigenvalue weighted by atomic mass is 35.5. The van der Waals surface area contributed by atoms with Crippen LogP contribution >= 0.6 is 36.2 Å². The van der Waals surface area contributed by atoms with Gasteiger partial charge in [0, 0.05) is 23.5 Å². The number of nitrogens with zero attached hydrogens (tertiary/aromatic N) is 1. The molecule has 0 spiro atoms. The highest BCUT2D eigenvalue weighted by molar-refractivity contribution is 7.13. The van der Waals surface area contributed by atoms with Gasteiger partial charge < -0.3 is 10.6 Å². The lowest BCUT2D eigenvalue weighted by atomic mass is 10.2. The minimum absolute atomic E-state index is 0. The van der Waals surface area contributed by atoms with E-state index in [2.05, 4.69) is 15.6 Å². The Hall–Kier alpha value is -1.21. The van der Waals surface area contributed by atoms with Gasteiger partial charge in [-0.05, 0) is 43.7 Å². The summed E-state index contributed by atoms with van der Waals surface area (Å²) < 4.78 is 12.9. The van der Waals surface area contributed by atoms with Crippen molar-refractivity contribution < 1.29 is 9.18 Å². The van der Waals surface area contributed by atoms with Crippen molar-refractivity contribution in [3.05, 3.63) is 41.2 Å². The first kappa shape index (κ1) is 19.8. The molecule has 1 fully saturated rings. The third kappa shape index (κ3) is 5.14. The predicted octanol–water partition coefficient (Wildman–Crippen LogP) is 3.27. The molecule has 0 bridgehead atoms. The molecule has 2 aromatic rings. The van der Waals surface area contributed by atoms with Crippen LogP contribution in [0.25, 0.3) is 10.6 Å². The Balaban J connectivity index is 0.00000132. The lowest BCUT2D eigenvalue weighted by molar-refractivity contribution is 0.0946. The van der Waals surface area contributed by atoms with Crippen LogP contribution in [0.4, 0.5) is 4.39 Å². The molecule has 1 aromatic carbocycles. The average molecular weight is 378 g/mol. The molecule has 1 aromatic heterocycles. The summed E-state index contributed by atoms with van der Waals surface area (Å²) >= 11 is 1.38. The molecule has 23 heavy (non-hydrogen) atoms. The van der Waals surface area contributed by atoms with Crippen LogP contribution in [0.1, 0.15) is 23.3 Å². The van der Waals surface area contributed by atoms with Crippen LogP contribution in [0.5, 0.6) is 0 Å². The van der Waals surface area contributed by atoms with Crippen LogP contribution in [0.15, 0.2) is 29.6 Å². The zero-order chi connectivity index (χ0) is 14.7. The van der Waals surface area contributed by atoms with Crippen molar-refractivity contribution in [2.45, 2.75) is 18.9 Å². The van der Waals surface area contributed by atoms with E-state index in [0.29, 0.717) is 18.3 Å². The molecule has 3 rings (SSSR count). The Morgan fingerprint density at radius 1 is 1.35 bits per heavy atom. The van der Waals surface area contributed by atoms with Gasteiger partial charge in [0.1, 0.15) is 16.5 Å². The van der Waals surface area contributed by atoms with Crippen LogP contribution in [0.3, 0.4) is 0 Å². The number of amides is 1. The number of hydrogen-bond donors (Lipinski definition) is 2. The molecule has 1 atom stereocenters. The van der Waals surface area contributed by atoms with Crippen LogP contribution in [0, 0.1) is 5.82 Å². The van der Waals surface area contributed by atoms with Gasteiger partial charge in [-0.3, -0.25) is 4.79 Å². The summed E-state index contributed by atoms with van der Waals surface area (Å²) in [6.45, 7) is 1.65. The van der Waals surface area contributed by atoms with E-state index in [9.17, 15) is 9.18 Å². The number of benzene rings is 1.